The third kappa shape index (κ3) is 1.49. The van der Waals surface area contributed by atoms with E-state index in [4.69, 9.17) is 11.6 Å². The zero-order valence-electron chi connectivity index (χ0n) is 7.15. The van der Waals surface area contributed by atoms with Crippen LogP contribution in [0.15, 0.2) is 11.2 Å². The smallest absolute Gasteiger partial charge is 0.200 e. The van der Waals surface area contributed by atoms with Crippen LogP contribution >= 0.6 is 23.4 Å². The molecule has 0 aliphatic heterocycles. The van der Waals surface area contributed by atoms with Crippen molar-refractivity contribution in [1.82, 2.24) is 19.6 Å². The van der Waals surface area contributed by atoms with Crippen LogP contribution in [0.3, 0.4) is 0 Å². The zero-order valence-corrected chi connectivity index (χ0v) is 8.72. The minimum Gasteiger partial charge on any atom is -0.200 e. The lowest BCUT2D eigenvalue weighted by Gasteiger charge is -1.95. The third-order valence-corrected chi connectivity index (χ3v) is 2.35. The Balaban J connectivity index is 2.75. The first-order valence-corrected chi connectivity index (χ1v) is 5.25. The molecule has 68 valence electrons. The monoisotopic (exact) mass is 214 g/mol. The number of hydrogen-bond donors (Lipinski definition) is 0. The van der Waals surface area contributed by atoms with Crippen molar-refractivity contribution < 1.29 is 0 Å². The van der Waals surface area contributed by atoms with Crippen molar-refractivity contribution >= 4 is 29.1 Å². The van der Waals surface area contributed by atoms with Gasteiger partial charge in [-0.3, -0.25) is 0 Å². The van der Waals surface area contributed by atoms with Crippen LogP contribution in [0.25, 0.3) is 5.78 Å². The Hall–Kier alpha value is -0.810. The zero-order chi connectivity index (χ0) is 9.42. The van der Waals surface area contributed by atoms with Gasteiger partial charge in [0, 0.05) is 5.69 Å². The van der Waals surface area contributed by atoms with Gasteiger partial charge in [-0.1, -0.05) is 23.4 Å². The standard InChI is InChI=1S/C7H7ClN4S/c1-4-3-5(8)9-6-10-7(13-2)11-12(4)6/h3H,1-2H3. The maximum Gasteiger partial charge on any atom is 0.254 e. The van der Waals surface area contributed by atoms with Crippen LogP contribution in [-0.4, -0.2) is 25.8 Å². The lowest BCUT2D eigenvalue weighted by molar-refractivity contribution is 0.849. The normalized spacial score (nSPS) is 11.0. The minimum absolute atomic E-state index is 0.449. The fraction of sp³-hybridized carbons (Fsp3) is 0.286. The Morgan fingerprint density at radius 1 is 1.46 bits per heavy atom. The van der Waals surface area contributed by atoms with Crippen LogP contribution in [0.1, 0.15) is 5.69 Å². The summed E-state index contributed by atoms with van der Waals surface area (Å²) in [4.78, 5) is 8.22. The van der Waals surface area contributed by atoms with Gasteiger partial charge < -0.3 is 0 Å². The fourth-order valence-corrected chi connectivity index (χ4v) is 1.61. The summed E-state index contributed by atoms with van der Waals surface area (Å²) in [6, 6.07) is 1.76. The maximum absolute atomic E-state index is 5.78. The van der Waals surface area contributed by atoms with Gasteiger partial charge in [0.2, 0.25) is 5.16 Å². The first-order valence-electron chi connectivity index (χ1n) is 3.64. The van der Waals surface area contributed by atoms with Crippen molar-refractivity contribution in [2.45, 2.75) is 12.1 Å². The first-order chi connectivity index (χ1) is 6.20. The summed E-state index contributed by atoms with van der Waals surface area (Å²) in [6.07, 6.45) is 1.92. The van der Waals surface area contributed by atoms with Crippen molar-refractivity contribution in [3.8, 4) is 0 Å². The molecule has 0 saturated heterocycles. The fourth-order valence-electron chi connectivity index (χ4n) is 1.04. The van der Waals surface area contributed by atoms with Crippen molar-refractivity contribution in [3.05, 3.63) is 16.9 Å². The second kappa shape index (κ2) is 3.16. The minimum atomic E-state index is 0.449. The van der Waals surface area contributed by atoms with E-state index in [1.807, 2.05) is 13.2 Å². The van der Waals surface area contributed by atoms with E-state index >= 15 is 0 Å². The van der Waals surface area contributed by atoms with Crippen molar-refractivity contribution in [1.29, 1.82) is 0 Å². The molecule has 0 N–H and O–H groups in total. The van der Waals surface area contributed by atoms with Gasteiger partial charge in [-0.25, -0.2) is 4.52 Å². The van der Waals surface area contributed by atoms with Crippen LogP contribution in [0.2, 0.25) is 5.15 Å². The average Bonchev–Trinajstić information content (AvgIpc) is 2.47. The quantitative estimate of drug-likeness (QED) is 0.537. The molecule has 0 amide bonds. The summed E-state index contributed by atoms with van der Waals surface area (Å²) in [5.41, 5.74) is 0.933. The van der Waals surface area contributed by atoms with Crippen molar-refractivity contribution in [2.75, 3.05) is 6.26 Å². The third-order valence-electron chi connectivity index (χ3n) is 1.62. The van der Waals surface area contributed by atoms with E-state index in [0.717, 1.165) is 5.69 Å². The molecular formula is C7H7ClN4S. The van der Waals surface area contributed by atoms with Crippen LogP contribution in [0.5, 0.6) is 0 Å². The van der Waals surface area contributed by atoms with Gasteiger partial charge in [-0.15, -0.1) is 5.10 Å². The number of aryl methyl sites for hydroxylation is 1. The van der Waals surface area contributed by atoms with Crippen LogP contribution < -0.4 is 0 Å². The summed E-state index contributed by atoms with van der Waals surface area (Å²) in [5.74, 6) is 0.550. The molecule has 0 saturated carbocycles. The number of rotatable bonds is 1. The first kappa shape index (κ1) is 8.77. The number of halogens is 1. The van der Waals surface area contributed by atoms with Gasteiger partial charge in [0.05, 0.1) is 0 Å². The largest absolute Gasteiger partial charge is 0.254 e. The van der Waals surface area contributed by atoms with Crippen LogP contribution in [-0.2, 0) is 0 Å². The van der Waals surface area contributed by atoms with Gasteiger partial charge in [0.25, 0.3) is 5.78 Å². The molecule has 0 aromatic carbocycles. The molecular weight excluding hydrogens is 208 g/mol. The second-order valence-electron chi connectivity index (χ2n) is 2.53. The number of aromatic nitrogens is 4. The Morgan fingerprint density at radius 3 is 2.92 bits per heavy atom. The molecule has 4 nitrogen and oxygen atoms in total. The van der Waals surface area contributed by atoms with E-state index < -0.39 is 0 Å². The molecule has 2 heterocycles. The average molecular weight is 215 g/mol. The highest BCUT2D eigenvalue weighted by molar-refractivity contribution is 7.98. The second-order valence-corrected chi connectivity index (χ2v) is 3.69. The predicted molar refractivity (Wildman–Crippen MR) is 52.3 cm³/mol. The number of fused-ring (bicyclic) bond motifs is 1. The Morgan fingerprint density at radius 2 is 2.23 bits per heavy atom. The molecule has 2 aromatic heterocycles. The highest BCUT2D eigenvalue weighted by Gasteiger charge is 2.06. The van der Waals surface area contributed by atoms with Gasteiger partial charge in [-0.2, -0.15) is 9.97 Å². The number of thioether (sulfide) groups is 1. The van der Waals surface area contributed by atoms with Gasteiger partial charge in [-0.05, 0) is 19.2 Å². The summed E-state index contributed by atoms with van der Waals surface area (Å²) in [6.45, 7) is 1.92. The van der Waals surface area contributed by atoms with E-state index in [2.05, 4.69) is 15.1 Å². The highest BCUT2D eigenvalue weighted by atomic mass is 35.5. The highest BCUT2D eigenvalue weighted by Crippen LogP contribution is 2.13. The van der Waals surface area contributed by atoms with Gasteiger partial charge >= 0.3 is 0 Å². The lowest BCUT2D eigenvalue weighted by Crippen LogP contribution is -1.95. The predicted octanol–water partition coefficient (Wildman–Crippen LogP) is 1.81. The van der Waals surface area contributed by atoms with E-state index in [-0.39, 0.29) is 0 Å². The SMILES string of the molecule is CSc1nc2nc(Cl)cc(C)n2n1. The molecule has 0 unspecified atom stereocenters. The van der Waals surface area contributed by atoms with Crippen molar-refractivity contribution in [3.63, 3.8) is 0 Å². The Kier molecular flexibility index (Phi) is 2.13. The van der Waals surface area contributed by atoms with Gasteiger partial charge in [0.1, 0.15) is 5.15 Å². The van der Waals surface area contributed by atoms with E-state index in [0.29, 0.717) is 16.1 Å². The van der Waals surface area contributed by atoms with Crippen molar-refractivity contribution in [2.24, 2.45) is 0 Å². The number of nitrogens with zero attached hydrogens (tertiary/aromatic N) is 4. The maximum atomic E-state index is 5.78. The molecule has 13 heavy (non-hydrogen) atoms. The molecule has 6 heteroatoms. The molecule has 0 atom stereocenters. The molecule has 0 spiro atoms. The lowest BCUT2D eigenvalue weighted by atomic mass is 10.5. The number of hydrogen-bond acceptors (Lipinski definition) is 4. The molecule has 0 bridgehead atoms. The van der Waals surface area contributed by atoms with Gasteiger partial charge in [0.15, 0.2) is 0 Å². The van der Waals surface area contributed by atoms with E-state index in [1.54, 1.807) is 10.6 Å². The summed E-state index contributed by atoms with van der Waals surface area (Å²) >= 11 is 7.26. The summed E-state index contributed by atoms with van der Waals surface area (Å²) in [5, 5.41) is 5.37. The van der Waals surface area contributed by atoms with Crippen LogP contribution in [0.4, 0.5) is 0 Å². The Labute approximate surface area is 84.3 Å². The topological polar surface area (TPSA) is 43.1 Å². The van der Waals surface area contributed by atoms with E-state index in [9.17, 15) is 0 Å². The molecule has 2 aromatic rings. The Bertz CT molecular complexity index is 453. The summed E-state index contributed by atoms with van der Waals surface area (Å²) in [7, 11) is 0. The molecule has 0 aliphatic carbocycles. The molecule has 0 aliphatic rings. The van der Waals surface area contributed by atoms with E-state index in [1.165, 1.54) is 11.8 Å². The van der Waals surface area contributed by atoms with Crippen LogP contribution in [0, 0.1) is 6.92 Å². The molecule has 0 radical (unpaired) electrons. The molecule has 0 fully saturated rings. The molecule has 2 rings (SSSR count). The summed E-state index contributed by atoms with van der Waals surface area (Å²) < 4.78 is 1.68.